The fourth-order valence-corrected chi connectivity index (χ4v) is 3.61. The van der Waals surface area contributed by atoms with Crippen LogP contribution in [0.3, 0.4) is 0 Å². The van der Waals surface area contributed by atoms with Crippen molar-refractivity contribution in [2.24, 2.45) is 0 Å². The first-order valence-corrected chi connectivity index (χ1v) is 9.13. The Hall–Kier alpha value is -2.02. The fourth-order valence-electron chi connectivity index (χ4n) is 2.20. The molecule has 0 bridgehead atoms. The highest BCUT2D eigenvalue weighted by atomic mass is 35.5. The Balaban J connectivity index is 1.77. The van der Waals surface area contributed by atoms with E-state index in [4.69, 9.17) is 29.0 Å². The van der Waals surface area contributed by atoms with Gasteiger partial charge in [-0.3, -0.25) is 4.79 Å². The van der Waals surface area contributed by atoms with Crippen molar-refractivity contribution in [3.63, 3.8) is 0 Å². The molecular weight excluding hydrogens is 379 g/mol. The highest BCUT2D eigenvalue weighted by Gasteiger charge is 2.12. The molecule has 0 radical (unpaired) electrons. The summed E-state index contributed by atoms with van der Waals surface area (Å²) in [6, 6.07) is 14.8. The summed E-state index contributed by atoms with van der Waals surface area (Å²) in [6.45, 7) is 0. The van der Waals surface area contributed by atoms with Crippen LogP contribution in [0.25, 0.3) is 0 Å². The summed E-state index contributed by atoms with van der Waals surface area (Å²) >= 11 is 13.3. The summed E-state index contributed by atoms with van der Waals surface area (Å²) in [6.07, 6.45) is 0.387. The predicted molar refractivity (Wildman–Crippen MR) is 102 cm³/mol. The van der Waals surface area contributed by atoms with Crippen molar-refractivity contribution < 1.29 is 0 Å². The third kappa shape index (κ3) is 4.34. The molecule has 0 aliphatic rings. The van der Waals surface area contributed by atoms with Gasteiger partial charge in [-0.15, -0.1) is 10.2 Å². The van der Waals surface area contributed by atoms with E-state index < -0.39 is 0 Å². The highest BCUT2D eigenvalue weighted by Crippen LogP contribution is 2.26. The summed E-state index contributed by atoms with van der Waals surface area (Å²) < 4.78 is 1.03. The predicted octanol–water partition coefficient (Wildman–Crippen LogP) is 3.54. The van der Waals surface area contributed by atoms with Gasteiger partial charge >= 0.3 is 0 Å². The number of aromatic nitrogens is 3. The molecule has 8 heteroatoms. The Morgan fingerprint density at radius 3 is 2.56 bits per heavy atom. The first kappa shape index (κ1) is 17.8. The Labute approximate surface area is 158 Å². The molecule has 1 heterocycles. The maximum absolute atomic E-state index is 12.4. The number of hydrogen-bond acceptors (Lipinski definition) is 5. The lowest BCUT2D eigenvalue weighted by Crippen LogP contribution is -2.33. The normalized spacial score (nSPS) is 10.8. The van der Waals surface area contributed by atoms with Crippen LogP contribution in [0.15, 0.2) is 58.5 Å². The van der Waals surface area contributed by atoms with Crippen LogP contribution in [0.2, 0.25) is 10.0 Å². The van der Waals surface area contributed by atoms with Crippen LogP contribution < -0.4 is 11.4 Å². The van der Waals surface area contributed by atoms with E-state index in [-0.39, 0.29) is 5.56 Å². The number of halogens is 2. The van der Waals surface area contributed by atoms with Crippen LogP contribution in [-0.4, -0.2) is 14.9 Å². The zero-order valence-electron chi connectivity index (χ0n) is 13.0. The van der Waals surface area contributed by atoms with Gasteiger partial charge < -0.3 is 5.84 Å². The van der Waals surface area contributed by atoms with Gasteiger partial charge in [0.2, 0.25) is 5.16 Å². The standard InChI is InChI=1S/C17H14Cl2N4OS/c18-13-7-6-12(14(19)9-13)10-25-17-22-21-15(16(24)23(17)20)8-11-4-2-1-3-5-11/h1-7,9H,8,10,20H2. The van der Waals surface area contributed by atoms with Gasteiger partial charge in [-0.2, -0.15) is 4.68 Å². The van der Waals surface area contributed by atoms with Gasteiger partial charge in [-0.05, 0) is 23.3 Å². The van der Waals surface area contributed by atoms with Crippen molar-refractivity contribution in [1.29, 1.82) is 0 Å². The summed E-state index contributed by atoms with van der Waals surface area (Å²) in [5, 5.41) is 9.58. The van der Waals surface area contributed by atoms with Crippen molar-refractivity contribution in [1.82, 2.24) is 14.9 Å². The summed E-state index contributed by atoms with van der Waals surface area (Å²) in [4.78, 5) is 12.4. The lowest BCUT2D eigenvalue weighted by atomic mass is 10.1. The van der Waals surface area contributed by atoms with E-state index in [0.29, 0.717) is 33.1 Å². The van der Waals surface area contributed by atoms with Crippen LogP contribution in [-0.2, 0) is 12.2 Å². The van der Waals surface area contributed by atoms with E-state index in [9.17, 15) is 4.79 Å². The number of thioether (sulfide) groups is 1. The number of nitrogens with two attached hydrogens (primary N) is 1. The molecule has 3 rings (SSSR count). The SMILES string of the molecule is Nn1c(SCc2ccc(Cl)cc2Cl)nnc(Cc2ccccc2)c1=O. The molecule has 1 aromatic heterocycles. The van der Waals surface area contributed by atoms with E-state index >= 15 is 0 Å². The van der Waals surface area contributed by atoms with Crippen molar-refractivity contribution >= 4 is 35.0 Å². The van der Waals surface area contributed by atoms with Gasteiger partial charge in [-0.25, -0.2) is 0 Å². The van der Waals surface area contributed by atoms with Gasteiger partial charge in [0.25, 0.3) is 5.56 Å². The topological polar surface area (TPSA) is 73.8 Å². The molecule has 5 nitrogen and oxygen atoms in total. The zero-order chi connectivity index (χ0) is 17.8. The Morgan fingerprint density at radius 1 is 1.08 bits per heavy atom. The average molecular weight is 393 g/mol. The molecule has 0 atom stereocenters. The number of rotatable bonds is 5. The van der Waals surface area contributed by atoms with E-state index in [0.717, 1.165) is 15.8 Å². The first-order chi connectivity index (χ1) is 12.0. The lowest BCUT2D eigenvalue weighted by Gasteiger charge is -2.08. The maximum Gasteiger partial charge on any atom is 0.294 e. The number of nitrogen functional groups attached to an aromatic ring is 1. The highest BCUT2D eigenvalue weighted by molar-refractivity contribution is 7.98. The van der Waals surface area contributed by atoms with Crippen molar-refractivity contribution in [2.75, 3.05) is 5.84 Å². The Bertz CT molecular complexity index is 947. The minimum Gasteiger partial charge on any atom is -0.334 e. The lowest BCUT2D eigenvalue weighted by molar-refractivity contribution is 0.672. The first-order valence-electron chi connectivity index (χ1n) is 7.39. The van der Waals surface area contributed by atoms with Crippen molar-refractivity contribution in [3.05, 3.63) is 85.8 Å². The average Bonchev–Trinajstić information content (AvgIpc) is 2.61. The minimum atomic E-state index is -0.358. The van der Waals surface area contributed by atoms with E-state index in [1.54, 1.807) is 12.1 Å². The second-order valence-electron chi connectivity index (χ2n) is 5.29. The number of benzene rings is 2. The van der Waals surface area contributed by atoms with Crippen LogP contribution >= 0.6 is 35.0 Å². The molecule has 0 amide bonds. The molecule has 0 aliphatic heterocycles. The molecule has 0 spiro atoms. The van der Waals surface area contributed by atoms with Crippen molar-refractivity contribution in [2.45, 2.75) is 17.3 Å². The Kier molecular flexibility index (Phi) is 5.63. The Morgan fingerprint density at radius 2 is 1.84 bits per heavy atom. The van der Waals surface area contributed by atoms with E-state index in [1.165, 1.54) is 11.8 Å². The number of hydrogen-bond donors (Lipinski definition) is 1. The van der Waals surface area contributed by atoms with E-state index in [1.807, 2.05) is 36.4 Å². The molecule has 2 aromatic carbocycles. The van der Waals surface area contributed by atoms with Gasteiger partial charge in [0.1, 0.15) is 5.69 Å². The second-order valence-corrected chi connectivity index (χ2v) is 7.08. The molecule has 2 N–H and O–H groups in total. The third-order valence-corrected chi connectivity index (χ3v) is 5.09. The van der Waals surface area contributed by atoms with Gasteiger partial charge in [0, 0.05) is 22.2 Å². The monoisotopic (exact) mass is 392 g/mol. The summed E-state index contributed by atoms with van der Waals surface area (Å²) in [7, 11) is 0. The molecule has 0 unspecified atom stereocenters. The molecule has 0 saturated heterocycles. The maximum atomic E-state index is 12.4. The van der Waals surface area contributed by atoms with Gasteiger partial charge in [-0.1, -0.05) is 71.4 Å². The zero-order valence-corrected chi connectivity index (χ0v) is 15.4. The largest absolute Gasteiger partial charge is 0.334 e. The minimum absolute atomic E-state index is 0.308. The quantitative estimate of drug-likeness (QED) is 0.530. The molecule has 128 valence electrons. The summed E-state index contributed by atoms with van der Waals surface area (Å²) in [5.41, 5.74) is 1.80. The second kappa shape index (κ2) is 7.91. The number of nitrogens with zero attached hydrogens (tertiary/aromatic N) is 3. The van der Waals surface area contributed by atoms with E-state index in [2.05, 4.69) is 10.2 Å². The third-order valence-electron chi connectivity index (χ3n) is 3.51. The fraction of sp³-hybridized carbons (Fsp3) is 0.118. The smallest absolute Gasteiger partial charge is 0.294 e. The van der Waals surface area contributed by atoms with Crippen LogP contribution in [0.1, 0.15) is 16.8 Å². The van der Waals surface area contributed by atoms with Crippen molar-refractivity contribution in [3.8, 4) is 0 Å². The molecule has 25 heavy (non-hydrogen) atoms. The molecule has 0 saturated carbocycles. The molecule has 0 aliphatic carbocycles. The van der Waals surface area contributed by atoms with Crippen LogP contribution in [0, 0.1) is 0 Å². The molecule has 3 aromatic rings. The summed E-state index contributed by atoms with van der Waals surface area (Å²) in [5.74, 6) is 6.39. The van der Waals surface area contributed by atoms with Gasteiger partial charge in [0.15, 0.2) is 0 Å². The molecular formula is C17H14Cl2N4OS. The van der Waals surface area contributed by atoms with Crippen LogP contribution in [0.5, 0.6) is 0 Å². The van der Waals surface area contributed by atoms with Gasteiger partial charge in [0.05, 0.1) is 0 Å². The van der Waals surface area contributed by atoms with Crippen LogP contribution in [0.4, 0.5) is 0 Å². The molecule has 0 fully saturated rings.